The van der Waals surface area contributed by atoms with Crippen LogP contribution in [0.1, 0.15) is 6.42 Å². The Hall–Kier alpha value is -0.700. The van der Waals surface area contributed by atoms with E-state index < -0.39 is 0 Å². The maximum absolute atomic E-state index is 4.99. The number of likely N-dealkylation sites (N-methyl/N-ethyl adjacent to an activating group) is 1. The maximum Gasteiger partial charge on any atom is 0.0479 e. The smallest absolute Gasteiger partial charge is 0.0479 e. The highest BCUT2D eigenvalue weighted by Crippen LogP contribution is 2.01. The highest BCUT2D eigenvalue weighted by atomic mass is 16.5. The van der Waals surface area contributed by atoms with Crippen molar-refractivity contribution >= 4 is 0 Å². The van der Waals surface area contributed by atoms with E-state index in [0.717, 1.165) is 32.7 Å². The maximum atomic E-state index is 4.99. The molecule has 1 heterocycles. The van der Waals surface area contributed by atoms with E-state index in [1.807, 2.05) is 0 Å². The Morgan fingerprint density at radius 3 is 2.75 bits per heavy atom. The van der Waals surface area contributed by atoms with Crippen LogP contribution in [0.15, 0.2) is 12.4 Å². The summed E-state index contributed by atoms with van der Waals surface area (Å²) in [7, 11) is 3.85. The topological polar surface area (TPSA) is 15.7 Å². The Morgan fingerprint density at radius 2 is 2.17 bits per heavy atom. The molecule has 0 N–H and O–H groups in total. The van der Waals surface area contributed by atoms with Crippen LogP contribution in [0, 0.1) is 0 Å². The van der Waals surface area contributed by atoms with Crippen LogP contribution in [0.4, 0.5) is 0 Å². The van der Waals surface area contributed by atoms with E-state index in [1.165, 1.54) is 0 Å². The lowest BCUT2D eigenvalue weighted by molar-refractivity contribution is 0.178. The Labute approximate surface area is 74.6 Å². The summed E-state index contributed by atoms with van der Waals surface area (Å²) < 4.78 is 4.99. The number of hydrogen-bond donors (Lipinski definition) is 0. The van der Waals surface area contributed by atoms with Crippen LogP contribution in [0.25, 0.3) is 0 Å². The average molecular weight is 170 g/mol. The third-order valence-electron chi connectivity index (χ3n) is 2.07. The first-order chi connectivity index (χ1) is 5.83. The van der Waals surface area contributed by atoms with Crippen LogP contribution in [-0.4, -0.2) is 50.2 Å². The third kappa shape index (κ3) is 3.13. The van der Waals surface area contributed by atoms with Crippen molar-refractivity contribution in [3.8, 4) is 0 Å². The summed E-state index contributed by atoms with van der Waals surface area (Å²) in [5.74, 6) is 0. The normalized spacial score (nSPS) is 17.2. The van der Waals surface area contributed by atoms with Crippen molar-refractivity contribution in [1.82, 2.24) is 9.80 Å². The largest absolute Gasteiger partial charge is 0.385 e. The van der Waals surface area contributed by atoms with Crippen LogP contribution >= 0.6 is 0 Å². The minimum Gasteiger partial charge on any atom is -0.385 e. The molecule has 0 aromatic heterocycles. The fraction of sp³-hybridized carbons (Fsp3) is 0.778. The van der Waals surface area contributed by atoms with Gasteiger partial charge in [0.1, 0.15) is 0 Å². The van der Waals surface area contributed by atoms with Crippen molar-refractivity contribution in [3.05, 3.63) is 12.4 Å². The lowest BCUT2D eigenvalue weighted by Gasteiger charge is -2.28. The zero-order valence-corrected chi connectivity index (χ0v) is 7.99. The predicted molar refractivity (Wildman–Crippen MR) is 49.8 cm³/mol. The van der Waals surface area contributed by atoms with Gasteiger partial charge < -0.3 is 14.5 Å². The van der Waals surface area contributed by atoms with Crippen LogP contribution in [0.2, 0.25) is 0 Å². The molecule has 0 saturated carbocycles. The van der Waals surface area contributed by atoms with E-state index in [4.69, 9.17) is 4.74 Å². The van der Waals surface area contributed by atoms with Crippen molar-refractivity contribution in [2.75, 3.05) is 40.4 Å². The molecule has 12 heavy (non-hydrogen) atoms. The summed E-state index contributed by atoms with van der Waals surface area (Å²) in [6.45, 7) is 4.23. The van der Waals surface area contributed by atoms with Gasteiger partial charge in [-0.1, -0.05) is 0 Å². The van der Waals surface area contributed by atoms with Gasteiger partial charge in [0, 0.05) is 52.8 Å². The molecule has 3 heteroatoms. The van der Waals surface area contributed by atoms with Gasteiger partial charge in [0.15, 0.2) is 0 Å². The SMILES string of the molecule is COCCCN1C=CN(C)CC1. The molecule has 1 rings (SSSR count). The molecule has 70 valence electrons. The Bertz CT molecular complexity index is 147. The molecule has 1 aliphatic heterocycles. The molecule has 0 aromatic carbocycles. The summed E-state index contributed by atoms with van der Waals surface area (Å²) in [6.07, 6.45) is 5.39. The highest BCUT2D eigenvalue weighted by Gasteiger charge is 2.04. The lowest BCUT2D eigenvalue weighted by Crippen LogP contribution is -2.33. The minimum atomic E-state index is 0.861. The van der Waals surface area contributed by atoms with E-state index in [2.05, 4.69) is 29.2 Å². The molecular formula is C9H18N2O. The van der Waals surface area contributed by atoms with Crippen LogP contribution in [-0.2, 0) is 4.74 Å². The van der Waals surface area contributed by atoms with Crippen LogP contribution in [0.5, 0.6) is 0 Å². The number of ether oxygens (including phenoxy) is 1. The minimum absolute atomic E-state index is 0.861. The van der Waals surface area contributed by atoms with Gasteiger partial charge >= 0.3 is 0 Å². The van der Waals surface area contributed by atoms with E-state index >= 15 is 0 Å². The van der Waals surface area contributed by atoms with Gasteiger partial charge in [0.05, 0.1) is 0 Å². The summed E-state index contributed by atoms with van der Waals surface area (Å²) in [6, 6.07) is 0. The number of nitrogens with zero attached hydrogens (tertiary/aromatic N) is 2. The first-order valence-electron chi connectivity index (χ1n) is 4.44. The average Bonchev–Trinajstić information content (AvgIpc) is 2.09. The van der Waals surface area contributed by atoms with Gasteiger partial charge in [-0.25, -0.2) is 0 Å². The van der Waals surface area contributed by atoms with Crippen LogP contribution < -0.4 is 0 Å². The monoisotopic (exact) mass is 170 g/mol. The Morgan fingerprint density at radius 1 is 1.33 bits per heavy atom. The summed E-state index contributed by atoms with van der Waals surface area (Å²) in [5, 5.41) is 0. The molecule has 0 fully saturated rings. The fourth-order valence-corrected chi connectivity index (χ4v) is 1.24. The van der Waals surface area contributed by atoms with E-state index in [0.29, 0.717) is 0 Å². The molecule has 0 saturated heterocycles. The number of rotatable bonds is 4. The number of hydrogen-bond acceptors (Lipinski definition) is 3. The molecule has 0 bridgehead atoms. The molecular weight excluding hydrogens is 152 g/mol. The number of methoxy groups -OCH3 is 1. The molecule has 1 aliphatic rings. The molecule has 0 aromatic rings. The van der Waals surface area contributed by atoms with Gasteiger partial charge in [0.2, 0.25) is 0 Å². The quantitative estimate of drug-likeness (QED) is 0.579. The molecule has 0 atom stereocenters. The van der Waals surface area contributed by atoms with Crippen molar-refractivity contribution in [3.63, 3.8) is 0 Å². The molecule has 0 unspecified atom stereocenters. The lowest BCUT2D eigenvalue weighted by atomic mass is 10.3. The zero-order chi connectivity index (χ0) is 8.81. The standard InChI is InChI=1S/C9H18N2O/c1-10-5-7-11(8-6-10)4-3-9-12-2/h5,7H,3-4,6,8-9H2,1-2H3. The predicted octanol–water partition coefficient (Wildman–Crippen LogP) is 0.742. The van der Waals surface area contributed by atoms with Crippen molar-refractivity contribution in [2.24, 2.45) is 0 Å². The van der Waals surface area contributed by atoms with Gasteiger partial charge in [-0.3, -0.25) is 0 Å². The molecule has 0 spiro atoms. The van der Waals surface area contributed by atoms with Crippen molar-refractivity contribution in [1.29, 1.82) is 0 Å². The van der Waals surface area contributed by atoms with Gasteiger partial charge in [-0.2, -0.15) is 0 Å². The molecule has 0 radical (unpaired) electrons. The molecule has 0 aliphatic carbocycles. The van der Waals surface area contributed by atoms with Gasteiger partial charge in [-0.05, 0) is 6.42 Å². The van der Waals surface area contributed by atoms with Crippen molar-refractivity contribution < 1.29 is 4.74 Å². The Kier molecular flexibility index (Phi) is 3.94. The fourth-order valence-electron chi connectivity index (χ4n) is 1.24. The van der Waals surface area contributed by atoms with E-state index in [-0.39, 0.29) is 0 Å². The Balaban J connectivity index is 2.13. The zero-order valence-electron chi connectivity index (χ0n) is 7.99. The second kappa shape index (κ2) is 5.04. The second-order valence-corrected chi connectivity index (χ2v) is 3.16. The van der Waals surface area contributed by atoms with Crippen LogP contribution in [0.3, 0.4) is 0 Å². The van der Waals surface area contributed by atoms with Crippen molar-refractivity contribution in [2.45, 2.75) is 6.42 Å². The summed E-state index contributed by atoms with van der Waals surface area (Å²) in [5.41, 5.74) is 0. The third-order valence-corrected chi connectivity index (χ3v) is 2.07. The summed E-state index contributed by atoms with van der Waals surface area (Å²) >= 11 is 0. The summed E-state index contributed by atoms with van der Waals surface area (Å²) in [4.78, 5) is 4.53. The van der Waals surface area contributed by atoms with E-state index in [9.17, 15) is 0 Å². The second-order valence-electron chi connectivity index (χ2n) is 3.16. The first kappa shape index (κ1) is 9.39. The molecule has 3 nitrogen and oxygen atoms in total. The van der Waals surface area contributed by atoms with Gasteiger partial charge in [0.25, 0.3) is 0 Å². The van der Waals surface area contributed by atoms with Gasteiger partial charge in [-0.15, -0.1) is 0 Å². The van der Waals surface area contributed by atoms with E-state index in [1.54, 1.807) is 7.11 Å². The highest BCUT2D eigenvalue weighted by molar-refractivity contribution is 4.87. The first-order valence-corrected chi connectivity index (χ1v) is 4.44. The molecule has 0 amide bonds.